The first-order valence-electron chi connectivity index (χ1n) is 7.50. The van der Waals surface area contributed by atoms with Crippen molar-refractivity contribution < 1.29 is 13.5 Å². The normalized spacial score (nSPS) is 11.4. The molecule has 0 fully saturated rings. The maximum Gasteiger partial charge on any atom is 0.387 e. The van der Waals surface area contributed by atoms with Gasteiger partial charge < -0.3 is 4.74 Å². The smallest absolute Gasteiger partial charge is 0.387 e. The van der Waals surface area contributed by atoms with Gasteiger partial charge in [0.15, 0.2) is 0 Å². The Morgan fingerprint density at radius 2 is 1.92 bits per heavy atom. The molecule has 0 N–H and O–H groups in total. The Hall–Kier alpha value is -2.58. The van der Waals surface area contributed by atoms with Gasteiger partial charge in [0, 0.05) is 10.6 Å². The van der Waals surface area contributed by atoms with Crippen LogP contribution in [0.25, 0.3) is 0 Å². The average Bonchev–Trinajstić information content (AvgIpc) is 2.96. The molecule has 0 amide bonds. The lowest BCUT2D eigenvalue weighted by atomic mass is 10.2. The maximum atomic E-state index is 12.5. The van der Waals surface area contributed by atoms with Gasteiger partial charge in [0.25, 0.3) is 0 Å². The fraction of sp³-hybridized carbons (Fsp3) is 0.118. The number of rotatable bonds is 6. The van der Waals surface area contributed by atoms with Gasteiger partial charge in [0.1, 0.15) is 12.1 Å². The van der Waals surface area contributed by atoms with E-state index >= 15 is 0 Å². The van der Waals surface area contributed by atoms with Gasteiger partial charge in [0.05, 0.1) is 12.8 Å². The van der Waals surface area contributed by atoms with E-state index in [1.807, 2.05) is 18.2 Å². The van der Waals surface area contributed by atoms with Gasteiger partial charge in [0.2, 0.25) is 4.77 Å². The van der Waals surface area contributed by atoms with Crippen molar-refractivity contribution in [2.45, 2.75) is 13.2 Å². The van der Waals surface area contributed by atoms with Crippen molar-refractivity contribution in [1.29, 1.82) is 0 Å². The minimum atomic E-state index is -2.91. The van der Waals surface area contributed by atoms with E-state index in [0.29, 0.717) is 21.9 Å². The Balaban J connectivity index is 1.82. The molecule has 5 nitrogen and oxygen atoms in total. The van der Waals surface area contributed by atoms with Gasteiger partial charge in [-0.2, -0.15) is 23.7 Å². The van der Waals surface area contributed by atoms with Crippen LogP contribution < -0.4 is 4.74 Å². The zero-order valence-electron chi connectivity index (χ0n) is 13.3. The van der Waals surface area contributed by atoms with Crippen LogP contribution in [0.5, 0.6) is 5.75 Å². The highest BCUT2D eigenvalue weighted by atomic mass is 35.5. The van der Waals surface area contributed by atoms with Crippen LogP contribution in [0.4, 0.5) is 8.78 Å². The van der Waals surface area contributed by atoms with Crippen molar-refractivity contribution in [3.8, 4) is 5.75 Å². The largest absolute Gasteiger partial charge is 0.434 e. The van der Waals surface area contributed by atoms with Crippen molar-refractivity contribution in [1.82, 2.24) is 14.5 Å². The third kappa shape index (κ3) is 4.33. The predicted octanol–water partition coefficient (Wildman–Crippen LogP) is 4.60. The van der Waals surface area contributed by atoms with E-state index < -0.39 is 6.61 Å². The summed E-state index contributed by atoms with van der Waals surface area (Å²) in [5.74, 6) is 0.0289. The maximum absolute atomic E-state index is 12.5. The number of aromatic nitrogens is 3. The molecule has 3 rings (SSSR count). The van der Waals surface area contributed by atoms with Crippen LogP contribution >= 0.6 is 23.8 Å². The first-order valence-corrected chi connectivity index (χ1v) is 8.29. The molecule has 0 atom stereocenters. The Kier molecular flexibility index (Phi) is 5.75. The number of nitrogens with zero attached hydrogens (tertiary/aromatic N) is 4. The standard InChI is InChI=1S/C17H13ClF2N4OS/c18-14-7-3-1-6-13(14)10-23-17(26)24(11-22-23)21-9-12-5-2-4-8-15(12)25-16(19)20/h1-9,11,16H,10H2. The first-order chi connectivity index (χ1) is 12.5. The molecule has 0 aliphatic heterocycles. The van der Waals surface area contributed by atoms with Crippen molar-refractivity contribution in [3.05, 3.63) is 75.8 Å². The number of ether oxygens (including phenoxy) is 1. The van der Waals surface area contributed by atoms with Crippen LogP contribution in [-0.4, -0.2) is 27.3 Å². The Morgan fingerprint density at radius 1 is 1.19 bits per heavy atom. The molecule has 0 saturated carbocycles. The zero-order valence-corrected chi connectivity index (χ0v) is 14.9. The zero-order chi connectivity index (χ0) is 18.5. The van der Waals surface area contributed by atoms with E-state index in [1.165, 1.54) is 23.3 Å². The summed E-state index contributed by atoms with van der Waals surface area (Å²) >= 11 is 11.5. The van der Waals surface area contributed by atoms with Crippen LogP contribution in [0.2, 0.25) is 5.02 Å². The van der Waals surface area contributed by atoms with Crippen molar-refractivity contribution in [2.75, 3.05) is 0 Å². The Labute approximate surface area is 158 Å². The summed E-state index contributed by atoms with van der Waals surface area (Å²) in [6.07, 6.45) is 2.82. The van der Waals surface area contributed by atoms with Crippen molar-refractivity contribution in [3.63, 3.8) is 0 Å². The van der Waals surface area contributed by atoms with Gasteiger partial charge in [-0.15, -0.1) is 0 Å². The molecular weight excluding hydrogens is 382 g/mol. The summed E-state index contributed by atoms with van der Waals surface area (Å²) in [6, 6.07) is 13.7. The van der Waals surface area contributed by atoms with Crippen molar-refractivity contribution in [2.24, 2.45) is 5.10 Å². The highest BCUT2D eigenvalue weighted by Crippen LogP contribution is 2.19. The molecular formula is C17H13ClF2N4OS. The van der Waals surface area contributed by atoms with Gasteiger partial charge in [-0.3, -0.25) is 0 Å². The van der Waals surface area contributed by atoms with E-state index in [9.17, 15) is 8.78 Å². The lowest BCUT2D eigenvalue weighted by Crippen LogP contribution is -2.04. The van der Waals surface area contributed by atoms with E-state index in [-0.39, 0.29) is 5.75 Å². The van der Waals surface area contributed by atoms with E-state index in [2.05, 4.69) is 14.9 Å². The molecule has 0 bridgehead atoms. The van der Waals surface area contributed by atoms with E-state index in [4.69, 9.17) is 23.8 Å². The molecule has 1 heterocycles. The van der Waals surface area contributed by atoms with Gasteiger partial charge >= 0.3 is 6.61 Å². The van der Waals surface area contributed by atoms with Crippen LogP contribution in [0.1, 0.15) is 11.1 Å². The van der Waals surface area contributed by atoms with Crippen LogP contribution in [0, 0.1) is 4.77 Å². The summed E-state index contributed by atoms with van der Waals surface area (Å²) < 4.78 is 32.7. The second kappa shape index (κ2) is 8.20. The van der Waals surface area contributed by atoms with Gasteiger partial charge in [-0.25, -0.2) is 4.68 Å². The summed E-state index contributed by atoms with van der Waals surface area (Å²) in [6.45, 7) is -2.52. The fourth-order valence-electron chi connectivity index (χ4n) is 2.22. The summed E-state index contributed by atoms with van der Waals surface area (Å²) in [5, 5.41) is 8.98. The third-order valence-electron chi connectivity index (χ3n) is 3.45. The number of benzene rings is 2. The fourth-order valence-corrected chi connectivity index (χ4v) is 2.62. The minimum Gasteiger partial charge on any atom is -0.434 e. The number of alkyl halides is 2. The third-order valence-corrected chi connectivity index (χ3v) is 4.22. The second-order valence-electron chi connectivity index (χ2n) is 5.17. The summed E-state index contributed by atoms with van der Waals surface area (Å²) in [4.78, 5) is 0. The van der Waals surface area contributed by atoms with Crippen LogP contribution in [0.3, 0.4) is 0 Å². The Bertz CT molecular complexity index is 987. The molecule has 9 heteroatoms. The molecule has 0 saturated heterocycles. The topological polar surface area (TPSA) is 44.3 Å². The average molecular weight is 395 g/mol. The van der Waals surface area contributed by atoms with E-state index in [0.717, 1.165) is 5.56 Å². The van der Waals surface area contributed by atoms with Gasteiger partial charge in [-0.05, 0) is 36.0 Å². The van der Waals surface area contributed by atoms with Gasteiger partial charge in [-0.1, -0.05) is 41.9 Å². The number of halogens is 3. The molecule has 1 aromatic heterocycles. The predicted molar refractivity (Wildman–Crippen MR) is 97.7 cm³/mol. The lowest BCUT2D eigenvalue weighted by Gasteiger charge is -2.06. The molecule has 134 valence electrons. The molecule has 2 aromatic carbocycles. The minimum absolute atomic E-state index is 0.0289. The molecule has 0 unspecified atom stereocenters. The first kappa shape index (κ1) is 18.2. The highest BCUT2D eigenvalue weighted by Gasteiger charge is 2.08. The highest BCUT2D eigenvalue weighted by molar-refractivity contribution is 7.71. The van der Waals surface area contributed by atoms with Crippen LogP contribution in [-0.2, 0) is 6.54 Å². The summed E-state index contributed by atoms with van der Waals surface area (Å²) in [5.41, 5.74) is 1.27. The number of hydrogen-bond acceptors (Lipinski definition) is 4. The van der Waals surface area contributed by atoms with Crippen LogP contribution in [0.15, 0.2) is 60.0 Å². The molecule has 0 spiro atoms. The molecule has 0 radical (unpaired) electrons. The number of hydrogen-bond donors (Lipinski definition) is 0. The molecule has 26 heavy (non-hydrogen) atoms. The molecule has 0 aliphatic carbocycles. The quantitative estimate of drug-likeness (QED) is 0.453. The monoisotopic (exact) mass is 394 g/mol. The lowest BCUT2D eigenvalue weighted by molar-refractivity contribution is -0.0499. The Morgan fingerprint density at radius 3 is 2.69 bits per heavy atom. The SMILES string of the molecule is FC(F)Oc1ccccc1C=Nn1cnn(Cc2ccccc2Cl)c1=S. The van der Waals surface area contributed by atoms with E-state index in [1.54, 1.807) is 28.9 Å². The molecule has 0 aliphatic rings. The molecule has 3 aromatic rings. The second-order valence-corrected chi connectivity index (χ2v) is 5.94. The van der Waals surface area contributed by atoms with Crippen molar-refractivity contribution >= 4 is 30.0 Å². The number of para-hydroxylation sites is 1. The summed E-state index contributed by atoms with van der Waals surface area (Å²) in [7, 11) is 0.